The van der Waals surface area contributed by atoms with Gasteiger partial charge >= 0.3 is 0 Å². The minimum Gasteiger partial charge on any atom is -0.497 e. The van der Waals surface area contributed by atoms with Crippen LogP contribution < -0.4 is 30.7 Å². The van der Waals surface area contributed by atoms with Gasteiger partial charge in [0.15, 0.2) is 0 Å². The Hall–Kier alpha value is -5.46. The Morgan fingerprint density at radius 2 is 1.69 bits per heavy atom. The van der Waals surface area contributed by atoms with E-state index in [0.717, 1.165) is 29.7 Å². The number of amides is 5. The molecule has 5 amide bonds. The number of carbonyl (C=O) groups is 5. The molecule has 0 unspecified atom stereocenters. The molecule has 2 aromatic carbocycles. The summed E-state index contributed by atoms with van der Waals surface area (Å²) in [6, 6.07) is 14.1. The van der Waals surface area contributed by atoms with Gasteiger partial charge < -0.3 is 35.6 Å². The van der Waals surface area contributed by atoms with Crippen LogP contribution in [-0.2, 0) is 32.0 Å². The summed E-state index contributed by atoms with van der Waals surface area (Å²) in [5.41, 5.74) is 2.48. The number of carbonyl (C=O) groups excluding carboxylic acids is 5. The molecule has 1 aromatic heterocycles. The number of fused-ring (bicyclic) bond motifs is 17. The summed E-state index contributed by atoms with van der Waals surface area (Å²) >= 11 is 0. The van der Waals surface area contributed by atoms with Gasteiger partial charge in [0.05, 0.1) is 25.3 Å². The van der Waals surface area contributed by atoms with Crippen molar-refractivity contribution in [3.05, 3.63) is 89.2 Å². The van der Waals surface area contributed by atoms with Gasteiger partial charge in [-0.3, -0.25) is 29.0 Å². The molecule has 3 heterocycles. The van der Waals surface area contributed by atoms with Gasteiger partial charge in [-0.2, -0.15) is 0 Å². The third kappa shape index (κ3) is 11.8. The molecule has 6 rings (SSSR count). The van der Waals surface area contributed by atoms with E-state index in [0.29, 0.717) is 24.5 Å². The lowest BCUT2D eigenvalue weighted by atomic mass is 10.0. The predicted octanol–water partition coefficient (Wildman–Crippen LogP) is 3.13. The van der Waals surface area contributed by atoms with Gasteiger partial charge in [-0.15, -0.1) is 0 Å². The molecule has 3 aliphatic rings. The number of aromatic nitrogens is 1. The molecule has 0 spiro atoms. The highest BCUT2D eigenvalue weighted by Crippen LogP contribution is 2.30. The van der Waals surface area contributed by atoms with E-state index in [1.54, 1.807) is 62.6 Å². The summed E-state index contributed by atoms with van der Waals surface area (Å²) in [5, 5.41) is 11.6. The maximum Gasteiger partial charge on any atom is 0.253 e. The van der Waals surface area contributed by atoms with Crippen molar-refractivity contribution >= 4 is 29.5 Å². The van der Waals surface area contributed by atoms with E-state index < -0.39 is 41.8 Å². The van der Waals surface area contributed by atoms with Gasteiger partial charge in [0.1, 0.15) is 36.2 Å². The summed E-state index contributed by atoms with van der Waals surface area (Å²) in [6.45, 7) is 7.96. The first-order valence-corrected chi connectivity index (χ1v) is 18.6. The lowest BCUT2D eigenvalue weighted by Crippen LogP contribution is -2.58. The molecule has 2 bridgehead atoms. The Balaban J connectivity index is 1.47. The molecule has 1 fully saturated rings. The van der Waals surface area contributed by atoms with Crippen molar-refractivity contribution < 1.29 is 33.4 Å². The number of nitrogens with one attached hydrogen (secondary N) is 4. The number of hydrogen-bond acceptors (Lipinski definition) is 8. The summed E-state index contributed by atoms with van der Waals surface area (Å²) < 4.78 is 11.4. The van der Waals surface area contributed by atoms with Crippen molar-refractivity contribution in [2.75, 3.05) is 26.8 Å². The van der Waals surface area contributed by atoms with E-state index in [1.807, 2.05) is 19.1 Å². The average molecular weight is 741 g/mol. The molecule has 0 saturated heterocycles. The fraction of sp³-hybridized carbons (Fsp3) is 0.463. The monoisotopic (exact) mass is 740 g/mol. The number of rotatable bonds is 9. The largest absolute Gasteiger partial charge is 0.497 e. The van der Waals surface area contributed by atoms with E-state index in [2.05, 4.69) is 40.1 Å². The lowest BCUT2D eigenvalue weighted by molar-refractivity contribution is -0.140. The van der Waals surface area contributed by atoms with Crippen molar-refractivity contribution in [2.45, 2.75) is 84.0 Å². The summed E-state index contributed by atoms with van der Waals surface area (Å²) in [7, 11) is 1.55. The van der Waals surface area contributed by atoms with Crippen molar-refractivity contribution in [1.82, 2.24) is 31.2 Å². The van der Waals surface area contributed by atoms with Crippen molar-refractivity contribution in [3.8, 4) is 11.5 Å². The molecular formula is C41H52N6O7. The van der Waals surface area contributed by atoms with Gasteiger partial charge in [-0.25, -0.2) is 0 Å². The molecule has 54 heavy (non-hydrogen) atoms. The Morgan fingerprint density at radius 1 is 0.963 bits per heavy atom. The fourth-order valence-electron chi connectivity index (χ4n) is 6.36. The van der Waals surface area contributed by atoms with Gasteiger partial charge in [-0.1, -0.05) is 38.1 Å². The number of hydrogen-bond donors (Lipinski definition) is 4. The second kappa shape index (κ2) is 18.5. The van der Waals surface area contributed by atoms with Crippen molar-refractivity contribution in [2.24, 2.45) is 11.8 Å². The number of methoxy groups -OCH3 is 1. The van der Waals surface area contributed by atoms with Crippen LogP contribution >= 0.6 is 0 Å². The average Bonchev–Trinajstić information content (AvgIpc) is 3.97. The first-order valence-electron chi connectivity index (χ1n) is 18.6. The van der Waals surface area contributed by atoms with Crippen molar-refractivity contribution in [1.29, 1.82) is 0 Å². The molecule has 3 aromatic rings. The minimum atomic E-state index is -1.13. The van der Waals surface area contributed by atoms with Gasteiger partial charge in [0.25, 0.3) is 5.91 Å². The Bertz CT molecular complexity index is 1760. The highest BCUT2D eigenvalue weighted by atomic mass is 16.5. The number of aryl methyl sites for hydroxylation is 1. The van der Waals surface area contributed by atoms with Gasteiger partial charge in [0.2, 0.25) is 23.6 Å². The Kier molecular flexibility index (Phi) is 13.6. The van der Waals surface area contributed by atoms with E-state index in [4.69, 9.17) is 9.47 Å². The van der Waals surface area contributed by atoms with E-state index in [9.17, 15) is 24.0 Å². The zero-order chi connectivity index (χ0) is 38.8. The Morgan fingerprint density at radius 3 is 2.31 bits per heavy atom. The van der Waals surface area contributed by atoms with Crippen LogP contribution in [0.25, 0.3) is 0 Å². The van der Waals surface area contributed by atoms with E-state index >= 15 is 0 Å². The zero-order valence-corrected chi connectivity index (χ0v) is 31.7. The van der Waals surface area contributed by atoms with Crippen LogP contribution in [0.1, 0.15) is 67.2 Å². The minimum absolute atomic E-state index is 0.0858. The predicted molar refractivity (Wildman–Crippen MR) is 203 cm³/mol. The normalized spacial score (nSPS) is 21.8. The van der Waals surface area contributed by atoms with Crippen LogP contribution in [0.4, 0.5) is 0 Å². The van der Waals surface area contributed by atoms with Crippen LogP contribution in [0, 0.1) is 18.8 Å². The van der Waals surface area contributed by atoms with Crippen LogP contribution in [0.15, 0.2) is 66.9 Å². The summed E-state index contributed by atoms with van der Waals surface area (Å²) in [5.74, 6) is -0.621. The van der Waals surface area contributed by atoms with Gasteiger partial charge in [-0.05, 0) is 92.5 Å². The highest BCUT2D eigenvalue weighted by Gasteiger charge is 2.33. The number of benzene rings is 2. The zero-order valence-electron chi connectivity index (χ0n) is 31.7. The third-order valence-corrected chi connectivity index (χ3v) is 9.51. The molecular weight excluding hydrogens is 688 g/mol. The number of pyridine rings is 1. The maximum absolute atomic E-state index is 14.2. The van der Waals surface area contributed by atoms with Crippen LogP contribution in [0.5, 0.6) is 11.5 Å². The molecule has 1 aliphatic carbocycles. The molecule has 0 radical (unpaired) electrons. The first-order chi connectivity index (χ1) is 25.9. The van der Waals surface area contributed by atoms with E-state index in [1.165, 1.54) is 11.1 Å². The number of ether oxygens (including phenoxy) is 2. The number of nitrogens with zero attached hydrogens (tertiary/aromatic N) is 2. The smallest absolute Gasteiger partial charge is 0.253 e. The topological polar surface area (TPSA) is 168 Å². The van der Waals surface area contributed by atoms with Crippen LogP contribution in [-0.4, -0.2) is 90.4 Å². The summed E-state index contributed by atoms with van der Waals surface area (Å²) in [4.78, 5) is 74.6. The highest BCUT2D eigenvalue weighted by molar-refractivity contribution is 5.99. The fourth-order valence-corrected chi connectivity index (χ4v) is 6.36. The SMILES string of the molecule is COc1ccc(C[C@@H]2NC(=O)[C@@H](NC(=O)c3ccc(C)nc3)Cc3ccc(cc3)OC[C@H](CC(C)C)NC(=O)CN(CC3CC3)C(=O)[C@@H](C)NC2=O)cc1. The van der Waals surface area contributed by atoms with E-state index in [-0.39, 0.29) is 55.3 Å². The van der Waals surface area contributed by atoms with Crippen molar-refractivity contribution in [3.63, 3.8) is 0 Å². The second-order valence-corrected chi connectivity index (χ2v) is 14.8. The second-order valence-electron chi connectivity index (χ2n) is 14.8. The third-order valence-electron chi connectivity index (χ3n) is 9.51. The molecule has 288 valence electrons. The first kappa shape index (κ1) is 39.7. The summed E-state index contributed by atoms with van der Waals surface area (Å²) in [6.07, 6.45) is 4.22. The molecule has 2 aliphatic heterocycles. The Labute approximate surface area is 317 Å². The molecule has 4 N–H and O–H groups in total. The molecule has 4 atom stereocenters. The van der Waals surface area contributed by atoms with Crippen LogP contribution in [0.3, 0.4) is 0 Å². The molecule has 1 saturated carbocycles. The molecule has 13 heteroatoms. The quantitative estimate of drug-likeness (QED) is 0.243. The molecule has 13 nitrogen and oxygen atoms in total. The lowest BCUT2D eigenvalue weighted by Gasteiger charge is -2.29. The van der Waals surface area contributed by atoms with Gasteiger partial charge in [0, 0.05) is 31.3 Å². The standard InChI is InChI=1S/C41H52N6O7/c1-25(2)18-32-24-54-34-16-11-29(12-17-34)20-36(45-38(49)31-13-6-26(3)42-21-31)40(51)46-35(19-28-9-14-33(53-5)15-10-28)39(50)43-27(4)41(52)47(22-30-7-8-30)23-37(48)44-32/h6,9-17,21,25,27,30,32,35-36H,7-8,18-20,22-24H2,1-5H3,(H,43,50)(H,44,48)(H,45,49)(H,46,51)/t27-,32+,35+,36+/m1/s1. The maximum atomic E-state index is 14.2. The van der Waals surface area contributed by atoms with Crippen LogP contribution in [0.2, 0.25) is 0 Å².